The Morgan fingerprint density at radius 1 is 1.06 bits per heavy atom. The maximum Gasteiger partial charge on any atom is 0.243 e. The summed E-state index contributed by atoms with van der Waals surface area (Å²) in [5.74, 6) is 0.308. The molecule has 8 atom stereocenters. The van der Waals surface area contributed by atoms with E-state index in [-0.39, 0.29) is 47.5 Å². The van der Waals surface area contributed by atoms with Gasteiger partial charge < -0.3 is 10.1 Å². The second-order valence-electron chi connectivity index (χ2n) is 9.79. The average molecular weight is 421 g/mol. The van der Waals surface area contributed by atoms with Crippen molar-refractivity contribution in [2.45, 2.75) is 37.8 Å². The minimum absolute atomic E-state index is 0.0149. The van der Waals surface area contributed by atoms with E-state index in [2.05, 4.69) is 17.5 Å². The van der Waals surface area contributed by atoms with Crippen LogP contribution in [0.3, 0.4) is 0 Å². The molecule has 6 heteroatoms. The van der Waals surface area contributed by atoms with Gasteiger partial charge in [0, 0.05) is 19.6 Å². The van der Waals surface area contributed by atoms with Crippen LogP contribution in [0.25, 0.3) is 0 Å². The van der Waals surface area contributed by atoms with Crippen LogP contribution in [0, 0.1) is 35.5 Å². The lowest BCUT2D eigenvalue weighted by atomic mass is 9.63. The lowest BCUT2D eigenvalue weighted by molar-refractivity contribution is -0.148. The lowest BCUT2D eigenvalue weighted by Crippen LogP contribution is -2.52. The fourth-order valence-electron chi connectivity index (χ4n) is 6.56. The average Bonchev–Trinajstić information content (AvgIpc) is 3.38. The van der Waals surface area contributed by atoms with Gasteiger partial charge >= 0.3 is 0 Å². The second kappa shape index (κ2) is 7.30. The summed E-state index contributed by atoms with van der Waals surface area (Å²) in [6, 6.07) is 8.83. The summed E-state index contributed by atoms with van der Waals surface area (Å²) in [6.07, 6.45) is 7.74. The minimum Gasteiger partial charge on any atom is -0.376 e. The maximum atomic E-state index is 13.6. The van der Waals surface area contributed by atoms with E-state index in [4.69, 9.17) is 4.74 Å². The fourth-order valence-corrected chi connectivity index (χ4v) is 6.56. The van der Waals surface area contributed by atoms with Gasteiger partial charge in [0.1, 0.15) is 6.04 Å². The Balaban J connectivity index is 1.27. The van der Waals surface area contributed by atoms with Gasteiger partial charge in [-0.15, -0.1) is 0 Å². The van der Waals surface area contributed by atoms with Crippen molar-refractivity contribution >= 4 is 17.7 Å². The number of carbonyl (C=O) groups excluding carboxylic acids is 3. The number of hydrogen-bond donors (Lipinski definition) is 1. The topological polar surface area (TPSA) is 75.7 Å². The van der Waals surface area contributed by atoms with Crippen LogP contribution in [0.1, 0.15) is 24.8 Å². The number of rotatable bonds is 6. The third-order valence-electron chi connectivity index (χ3n) is 8.11. The third-order valence-corrected chi connectivity index (χ3v) is 8.11. The Kier molecular flexibility index (Phi) is 4.53. The zero-order valence-corrected chi connectivity index (χ0v) is 17.5. The van der Waals surface area contributed by atoms with Crippen molar-refractivity contribution in [1.29, 1.82) is 0 Å². The number of amides is 3. The molecule has 2 saturated carbocycles. The van der Waals surface area contributed by atoms with Gasteiger partial charge in [0.05, 0.1) is 17.9 Å². The Bertz CT molecular complexity index is 902. The molecule has 7 rings (SSSR count). The van der Waals surface area contributed by atoms with Gasteiger partial charge in [0.25, 0.3) is 0 Å². The Morgan fingerprint density at radius 2 is 1.74 bits per heavy atom. The van der Waals surface area contributed by atoms with Gasteiger partial charge in [-0.1, -0.05) is 42.5 Å². The van der Waals surface area contributed by atoms with Crippen molar-refractivity contribution < 1.29 is 19.1 Å². The van der Waals surface area contributed by atoms with Crippen LogP contribution >= 0.6 is 0 Å². The summed E-state index contributed by atoms with van der Waals surface area (Å²) in [4.78, 5) is 41.8. The lowest BCUT2D eigenvalue weighted by Gasteiger charge is -2.37. The first-order valence-corrected chi connectivity index (χ1v) is 11.6. The largest absolute Gasteiger partial charge is 0.376 e. The quantitative estimate of drug-likeness (QED) is 0.564. The van der Waals surface area contributed by atoms with Crippen LogP contribution in [0.15, 0.2) is 42.5 Å². The summed E-state index contributed by atoms with van der Waals surface area (Å²) >= 11 is 0. The van der Waals surface area contributed by atoms with E-state index < -0.39 is 6.04 Å². The van der Waals surface area contributed by atoms with Gasteiger partial charge in [-0.2, -0.15) is 0 Å². The minimum atomic E-state index is -0.815. The number of hydrogen-bond acceptors (Lipinski definition) is 4. The molecule has 2 heterocycles. The van der Waals surface area contributed by atoms with Crippen molar-refractivity contribution in [2.24, 2.45) is 35.5 Å². The summed E-state index contributed by atoms with van der Waals surface area (Å²) in [6.45, 7) is 1.14. The number of benzene rings is 1. The molecular weight excluding hydrogens is 392 g/mol. The number of imide groups is 1. The molecule has 1 N–H and O–H groups in total. The summed E-state index contributed by atoms with van der Waals surface area (Å²) in [7, 11) is 0. The van der Waals surface area contributed by atoms with Crippen LogP contribution in [-0.2, 0) is 25.5 Å². The van der Waals surface area contributed by atoms with Gasteiger partial charge in [0.15, 0.2) is 0 Å². The molecular formula is C25H28N2O4. The molecule has 6 aliphatic rings. The Labute approximate surface area is 182 Å². The van der Waals surface area contributed by atoms with E-state index in [1.807, 2.05) is 30.3 Å². The Hall–Kier alpha value is -2.47. The predicted molar refractivity (Wildman–Crippen MR) is 112 cm³/mol. The van der Waals surface area contributed by atoms with Crippen molar-refractivity contribution in [1.82, 2.24) is 10.2 Å². The normalized spacial score (nSPS) is 38.2. The second-order valence-corrected chi connectivity index (χ2v) is 9.79. The van der Waals surface area contributed by atoms with E-state index >= 15 is 0 Å². The van der Waals surface area contributed by atoms with Crippen molar-refractivity contribution in [3.8, 4) is 0 Å². The molecule has 0 unspecified atom stereocenters. The molecule has 2 saturated heterocycles. The number of likely N-dealkylation sites (tertiary alicyclic amines) is 1. The van der Waals surface area contributed by atoms with Crippen molar-refractivity contribution in [3.05, 3.63) is 48.0 Å². The molecule has 3 amide bonds. The zero-order valence-electron chi connectivity index (χ0n) is 17.5. The SMILES string of the molecule is O=C(NC[C@@H]1CCCO1)[C@@H](Cc1ccccc1)N1C(=O)[C@H]2[C@@H]3C=C[C@H]([C@@H]4C[C@H]34)[C@@H]2C1=O. The first kappa shape index (κ1) is 19.2. The van der Waals surface area contributed by atoms with Gasteiger partial charge in [0.2, 0.25) is 17.7 Å². The van der Waals surface area contributed by atoms with Crippen molar-refractivity contribution in [3.63, 3.8) is 0 Å². The highest BCUT2D eigenvalue weighted by molar-refractivity contribution is 6.09. The smallest absolute Gasteiger partial charge is 0.243 e. The molecule has 1 aromatic carbocycles. The number of allylic oxidation sites excluding steroid dienone is 2. The molecule has 4 aliphatic carbocycles. The first-order chi connectivity index (χ1) is 15.1. The first-order valence-electron chi connectivity index (χ1n) is 11.6. The number of carbonyl (C=O) groups is 3. The molecule has 2 bridgehead atoms. The Morgan fingerprint density at radius 3 is 2.35 bits per heavy atom. The number of nitrogens with one attached hydrogen (secondary N) is 1. The number of nitrogens with zero attached hydrogens (tertiary/aromatic N) is 1. The predicted octanol–water partition coefficient (Wildman–Crippen LogP) is 1.95. The molecule has 0 spiro atoms. The molecule has 0 radical (unpaired) electrons. The summed E-state index contributed by atoms with van der Waals surface area (Å²) in [5.41, 5.74) is 0.944. The molecule has 2 aliphatic heterocycles. The molecule has 162 valence electrons. The van der Waals surface area contributed by atoms with E-state index in [9.17, 15) is 14.4 Å². The molecule has 0 aromatic heterocycles. The maximum absolute atomic E-state index is 13.6. The van der Waals surface area contributed by atoms with Crippen LogP contribution in [0.2, 0.25) is 0 Å². The van der Waals surface area contributed by atoms with E-state index in [0.717, 1.165) is 31.4 Å². The summed E-state index contributed by atoms with van der Waals surface area (Å²) in [5, 5.41) is 2.97. The molecule has 31 heavy (non-hydrogen) atoms. The van der Waals surface area contributed by atoms with E-state index in [1.165, 1.54) is 4.90 Å². The van der Waals surface area contributed by atoms with Gasteiger partial charge in [-0.05, 0) is 48.5 Å². The standard InChI is InChI=1S/C25H28N2O4/c28-23(26-13-15-7-4-10-31-15)20(11-14-5-2-1-3-6-14)27-24(29)21-16-8-9-17(19-12-18(16)19)22(21)25(27)30/h1-3,5-6,8-9,15-22H,4,7,10-13H2,(H,26,28)/t15-,16+,17+,18-,19+,20+,21-,22-/m0/s1. The van der Waals surface area contributed by atoms with Crippen LogP contribution in [-0.4, -0.2) is 47.9 Å². The van der Waals surface area contributed by atoms with Crippen LogP contribution in [0.4, 0.5) is 0 Å². The molecule has 1 aromatic rings. The summed E-state index contributed by atoms with van der Waals surface area (Å²) < 4.78 is 5.63. The zero-order chi connectivity index (χ0) is 21.1. The van der Waals surface area contributed by atoms with E-state index in [0.29, 0.717) is 24.8 Å². The molecule has 4 fully saturated rings. The van der Waals surface area contributed by atoms with Crippen LogP contribution < -0.4 is 5.32 Å². The fraction of sp³-hybridized carbons (Fsp3) is 0.560. The monoisotopic (exact) mass is 420 g/mol. The van der Waals surface area contributed by atoms with Crippen molar-refractivity contribution in [2.75, 3.05) is 13.2 Å². The number of ether oxygens (including phenoxy) is 1. The third kappa shape index (κ3) is 3.06. The van der Waals surface area contributed by atoms with Gasteiger partial charge in [-0.25, -0.2) is 0 Å². The van der Waals surface area contributed by atoms with Crippen LogP contribution in [0.5, 0.6) is 0 Å². The van der Waals surface area contributed by atoms with E-state index in [1.54, 1.807) is 0 Å². The molecule has 6 nitrogen and oxygen atoms in total. The highest BCUT2D eigenvalue weighted by Gasteiger charge is 2.67. The highest BCUT2D eigenvalue weighted by atomic mass is 16.5. The highest BCUT2D eigenvalue weighted by Crippen LogP contribution is 2.65. The van der Waals surface area contributed by atoms with Gasteiger partial charge in [-0.3, -0.25) is 19.3 Å².